The quantitative estimate of drug-likeness (QED) is 0.767. The lowest BCUT2D eigenvalue weighted by atomic mass is 10.1. The number of aryl methyl sites for hydroxylation is 1. The average molecular weight is 324 g/mol. The van der Waals surface area contributed by atoms with Gasteiger partial charge in [0.25, 0.3) is 5.91 Å². The Balaban J connectivity index is 2.00. The monoisotopic (exact) mass is 324 g/mol. The Bertz CT molecular complexity index is 563. The van der Waals surface area contributed by atoms with Crippen molar-refractivity contribution in [1.29, 1.82) is 0 Å². The van der Waals surface area contributed by atoms with Crippen molar-refractivity contribution in [3.8, 4) is 0 Å². The fourth-order valence-electron chi connectivity index (χ4n) is 2.38. The maximum atomic E-state index is 12.4. The van der Waals surface area contributed by atoms with Crippen molar-refractivity contribution in [2.24, 2.45) is 0 Å². The molecule has 2 N–H and O–H groups in total. The lowest BCUT2D eigenvalue weighted by molar-refractivity contribution is -0.0458. The van der Waals surface area contributed by atoms with Crippen LogP contribution in [0.5, 0.6) is 0 Å². The maximum absolute atomic E-state index is 12.4. The van der Waals surface area contributed by atoms with Crippen LogP contribution in [0.1, 0.15) is 42.1 Å². The number of aliphatic hydroxyl groups is 1. The molecule has 1 aliphatic heterocycles. The van der Waals surface area contributed by atoms with Gasteiger partial charge in [-0.3, -0.25) is 4.79 Å². The van der Waals surface area contributed by atoms with Gasteiger partial charge in [-0.2, -0.15) is 0 Å². The summed E-state index contributed by atoms with van der Waals surface area (Å²) in [5, 5.41) is 15.9. The fourth-order valence-corrected chi connectivity index (χ4v) is 2.38. The largest absolute Gasteiger partial charge is 0.391 e. The minimum Gasteiger partial charge on any atom is -0.391 e. The predicted octanol–water partition coefficient (Wildman–Crippen LogP) is 1.35. The Morgan fingerprint density at radius 2 is 2.30 bits per heavy atom. The first-order chi connectivity index (χ1) is 11.0. The molecule has 1 aliphatic rings. The lowest BCUT2D eigenvalue weighted by Crippen LogP contribution is -2.50. The van der Waals surface area contributed by atoms with Crippen LogP contribution in [0.3, 0.4) is 0 Å². The summed E-state index contributed by atoms with van der Waals surface area (Å²) in [6.07, 6.45) is 2.60. The molecule has 0 radical (unpaired) electrons. The number of ether oxygens (including phenoxy) is 2. The molecule has 128 valence electrons. The second-order valence-corrected chi connectivity index (χ2v) is 5.82. The average Bonchev–Trinajstić information content (AvgIpc) is 2.89. The zero-order chi connectivity index (χ0) is 16.8. The Kier molecular flexibility index (Phi) is 6.32. The van der Waals surface area contributed by atoms with Crippen LogP contribution in [0.25, 0.3) is 0 Å². The van der Waals surface area contributed by atoms with Gasteiger partial charge in [0.05, 0.1) is 37.5 Å². The number of nitrogens with one attached hydrogen (secondary N) is 1. The van der Waals surface area contributed by atoms with Crippen molar-refractivity contribution >= 4 is 5.91 Å². The third kappa shape index (κ3) is 4.63. The second-order valence-electron chi connectivity index (χ2n) is 5.82. The highest BCUT2D eigenvalue weighted by molar-refractivity contribution is 5.94. The van der Waals surface area contributed by atoms with Crippen LogP contribution in [0.4, 0.5) is 0 Å². The van der Waals surface area contributed by atoms with Crippen molar-refractivity contribution in [3.05, 3.63) is 28.7 Å². The fraction of sp³-hybridized carbons (Fsp3) is 0.625. The zero-order valence-corrected chi connectivity index (χ0v) is 13.8. The van der Waals surface area contributed by atoms with Crippen LogP contribution < -0.4 is 5.32 Å². The van der Waals surface area contributed by atoms with Crippen LogP contribution in [0.15, 0.2) is 16.2 Å². The van der Waals surface area contributed by atoms with Crippen LogP contribution in [-0.4, -0.2) is 48.1 Å². The summed E-state index contributed by atoms with van der Waals surface area (Å²) in [5.74, 6) is 0.0473. The number of hydrogen-bond donors (Lipinski definition) is 2. The van der Waals surface area contributed by atoms with E-state index in [9.17, 15) is 9.90 Å². The van der Waals surface area contributed by atoms with E-state index in [4.69, 9.17) is 14.0 Å². The van der Waals surface area contributed by atoms with E-state index >= 15 is 0 Å². The Labute approximate surface area is 135 Å². The molecule has 2 rings (SSSR count). The smallest absolute Gasteiger partial charge is 0.274 e. The van der Waals surface area contributed by atoms with Gasteiger partial charge in [-0.1, -0.05) is 16.8 Å². The molecule has 1 aromatic heterocycles. The van der Waals surface area contributed by atoms with Gasteiger partial charge in [-0.15, -0.1) is 0 Å². The highest BCUT2D eigenvalue weighted by Gasteiger charge is 2.30. The summed E-state index contributed by atoms with van der Waals surface area (Å²) in [5.41, 5.74) is 1.70. The molecule has 1 fully saturated rings. The van der Waals surface area contributed by atoms with Crippen molar-refractivity contribution in [1.82, 2.24) is 10.5 Å². The van der Waals surface area contributed by atoms with Gasteiger partial charge >= 0.3 is 0 Å². The SMILES string of the molecule is CC(C)=CCO[C@@H]1CCOC[C@@H]1NC(=O)c1noc(C)c1CO. The molecule has 1 aromatic rings. The van der Waals surface area contributed by atoms with Crippen molar-refractivity contribution in [2.75, 3.05) is 19.8 Å². The minimum absolute atomic E-state index is 0.110. The van der Waals surface area contributed by atoms with Crippen LogP contribution >= 0.6 is 0 Å². The van der Waals surface area contributed by atoms with Gasteiger partial charge in [0, 0.05) is 6.61 Å². The van der Waals surface area contributed by atoms with E-state index in [2.05, 4.69) is 10.5 Å². The van der Waals surface area contributed by atoms with Gasteiger partial charge in [-0.25, -0.2) is 0 Å². The number of rotatable bonds is 6. The highest BCUT2D eigenvalue weighted by atomic mass is 16.5. The zero-order valence-electron chi connectivity index (χ0n) is 13.8. The number of amides is 1. The molecule has 7 heteroatoms. The van der Waals surface area contributed by atoms with E-state index in [-0.39, 0.29) is 24.4 Å². The first-order valence-electron chi connectivity index (χ1n) is 7.72. The third-order valence-electron chi connectivity index (χ3n) is 3.77. The van der Waals surface area contributed by atoms with Gasteiger partial charge in [0.15, 0.2) is 5.69 Å². The number of carbonyl (C=O) groups is 1. The molecule has 1 amide bonds. The Hall–Kier alpha value is -1.70. The Morgan fingerprint density at radius 3 is 3.00 bits per heavy atom. The molecule has 0 unspecified atom stereocenters. The Morgan fingerprint density at radius 1 is 1.52 bits per heavy atom. The van der Waals surface area contributed by atoms with Gasteiger partial charge < -0.3 is 24.4 Å². The molecule has 2 heterocycles. The van der Waals surface area contributed by atoms with Crippen molar-refractivity contribution in [3.63, 3.8) is 0 Å². The molecular weight excluding hydrogens is 300 g/mol. The predicted molar refractivity (Wildman–Crippen MR) is 83.0 cm³/mol. The topological polar surface area (TPSA) is 93.8 Å². The molecule has 0 aromatic carbocycles. The summed E-state index contributed by atoms with van der Waals surface area (Å²) in [6.45, 7) is 6.88. The van der Waals surface area contributed by atoms with E-state index in [1.165, 1.54) is 5.57 Å². The van der Waals surface area contributed by atoms with Gasteiger partial charge in [-0.05, 0) is 27.2 Å². The first-order valence-corrected chi connectivity index (χ1v) is 7.72. The van der Waals surface area contributed by atoms with Gasteiger partial charge in [0.2, 0.25) is 0 Å². The molecule has 0 bridgehead atoms. The number of aromatic nitrogens is 1. The second kappa shape index (κ2) is 8.24. The normalized spacial score (nSPS) is 21.0. The molecule has 0 spiro atoms. The summed E-state index contributed by atoms with van der Waals surface area (Å²) in [4.78, 5) is 12.4. The maximum Gasteiger partial charge on any atom is 0.274 e. The third-order valence-corrected chi connectivity index (χ3v) is 3.77. The standard InChI is InChI=1S/C16H24N2O5/c1-10(2)4-7-22-14-5-6-21-9-13(14)17-16(20)15-12(8-19)11(3)23-18-15/h4,13-14,19H,5-9H2,1-3H3,(H,17,20)/t13-,14+/m0/s1. The van der Waals surface area contributed by atoms with Crippen LogP contribution in [-0.2, 0) is 16.1 Å². The van der Waals surface area contributed by atoms with E-state index in [0.29, 0.717) is 37.6 Å². The van der Waals surface area contributed by atoms with Crippen molar-refractivity contribution < 1.29 is 23.9 Å². The summed E-state index contributed by atoms with van der Waals surface area (Å²) in [7, 11) is 0. The van der Waals surface area contributed by atoms with E-state index in [0.717, 1.165) is 0 Å². The summed E-state index contributed by atoms with van der Waals surface area (Å²) in [6, 6.07) is -0.259. The number of hydrogen-bond acceptors (Lipinski definition) is 6. The molecule has 0 saturated carbocycles. The number of allylic oxidation sites excluding steroid dienone is 1. The minimum atomic E-state index is -0.391. The number of nitrogens with zero attached hydrogens (tertiary/aromatic N) is 1. The molecular formula is C16H24N2O5. The summed E-state index contributed by atoms with van der Waals surface area (Å²) >= 11 is 0. The van der Waals surface area contributed by atoms with Crippen molar-refractivity contribution in [2.45, 2.75) is 45.9 Å². The summed E-state index contributed by atoms with van der Waals surface area (Å²) < 4.78 is 16.2. The molecule has 1 saturated heterocycles. The lowest BCUT2D eigenvalue weighted by Gasteiger charge is -2.31. The molecule has 23 heavy (non-hydrogen) atoms. The molecule has 0 aliphatic carbocycles. The van der Waals surface area contributed by atoms with Crippen LogP contribution in [0, 0.1) is 6.92 Å². The highest BCUT2D eigenvalue weighted by Crippen LogP contribution is 2.16. The first kappa shape index (κ1) is 17.7. The van der Waals surface area contributed by atoms with E-state index < -0.39 is 5.91 Å². The van der Waals surface area contributed by atoms with Gasteiger partial charge in [0.1, 0.15) is 5.76 Å². The molecule has 2 atom stereocenters. The van der Waals surface area contributed by atoms with Crippen LogP contribution in [0.2, 0.25) is 0 Å². The van der Waals surface area contributed by atoms with E-state index in [1.807, 2.05) is 19.9 Å². The number of carbonyl (C=O) groups excluding carboxylic acids is 1. The molecule has 7 nitrogen and oxygen atoms in total. The van der Waals surface area contributed by atoms with E-state index in [1.54, 1.807) is 6.92 Å². The number of aliphatic hydroxyl groups excluding tert-OH is 1.